The second-order valence-electron chi connectivity index (χ2n) is 6.28. The Morgan fingerprint density at radius 1 is 1.04 bits per heavy atom. The molecule has 2 atom stereocenters. The first kappa shape index (κ1) is 19.0. The maximum atomic E-state index is 11.8. The molecule has 2 aromatic carbocycles. The van der Waals surface area contributed by atoms with E-state index in [1.807, 2.05) is 30.3 Å². The van der Waals surface area contributed by atoms with Gasteiger partial charge in [-0.25, -0.2) is 4.79 Å². The van der Waals surface area contributed by atoms with Crippen molar-refractivity contribution in [3.8, 4) is 17.2 Å². The number of hydrogen-bond acceptors (Lipinski definition) is 5. The molecule has 6 nitrogen and oxygen atoms in total. The number of para-hydroxylation sites is 3. The van der Waals surface area contributed by atoms with E-state index < -0.39 is 18.2 Å². The van der Waals surface area contributed by atoms with Gasteiger partial charge in [0.2, 0.25) is 6.10 Å². The molecule has 144 valence electrons. The van der Waals surface area contributed by atoms with Crippen LogP contribution in [-0.4, -0.2) is 48.3 Å². The third-order valence-corrected chi connectivity index (χ3v) is 4.66. The van der Waals surface area contributed by atoms with Crippen LogP contribution in [0.1, 0.15) is 25.5 Å². The van der Waals surface area contributed by atoms with Gasteiger partial charge in [-0.1, -0.05) is 44.2 Å². The number of rotatable bonds is 8. The summed E-state index contributed by atoms with van der Waals surface area (Å²) in [5.74, 6) is 0.496. The molecule has 0 saturated heterocycles. The molecule has 0 amide bonds. The topological polar surface area (TPSA) is 68.2 Å². The molecule has 0 spiro atoms. The summed E-state index contributed by atoms with van der Waals surface area (Å²) in [7, 11) is 0. The highest BCUT2D eigenvalue weighted by atomic mass is 16.6. The van der Waals surface area contributed by atoms with Gasteiger partial charge in [-0.05, 0) is 31.3 Å². The molecule has 6 heteroatoms. The third-order valence-electron chi connectivity index (χ3n) is 4.66. The number of likely N-dealkylation sites (N-methyl/N-ethyl adjacent to an activating group) is 1. The maximum Gasteiger partial charge on any atom is 0.349 e. The van der Waals surface area contributed by atoms with Crippen molar-refractivity contribution in [3.05, 3.63) is 54.1 Å². The Morgan fingerprint density at radius 2 is 1.67 bits per heavy atom. The Balaban J connectivity index is 1.83. The molecule has 2 unspecified atom stereocenters. The van der Waals surface area contributed by atoms with Crippen LogP contribution >= 0.6 is 0 Å². The molecular weight excluding hydrogens is 346 g/mol. The average molecular weight is 371 g/mol. The number of aliphatic carboxylic acids is 1. The number of benzene rings is 2. The van der Waals surface area contributed by atoms with Gasteiger partial charge in [-0.15, -0.1) is 0 Å². The molecule has 3 rings (SSSR count). The van der Waals surface area contributed by atoms with Crippen LogP contribution in [0, 0.1) is 0 Å². The molecule has 1 N–H and O–H groups in total. The highest BCUT2D eigenvalue weighted by Crippen LogP contribution is 2.41. The molecule has 0 aliphatic carbocycles. The van der Waals surface area contributed by atoms with Crippen LogP contribution in [0.5, 0.6) is 17.2 Å². The molecule has 2 aromatic rings. The minimum Gasteiger partial charge on any atom is -0.492 e. The number of nitrogens with zero attached hydrogens (tertiary/aromatic N) is 1. The quantitative estimate of drug-likeness (QED) is 0.767. The lowest BCUT2D eigenvalue weighted by Gasteiger charge is -2.32. The summed E-state index contributed by atoms with van der Waals surface area (Å²) in [5, 5.41) is 9.65. The van der Waals surface area contributed by atoms with E-state index >= 15 is 0 Å². The summed E-state index contributed by atoms with van der Waals surface area (Å²) in [6.07, 6.45) is -1.94. The van der Waals surface area contributed by atoms with Crippen molar-refractivity contribution in [1.29, 1.82) is 0 Å². The normalized spacial score (nSPS) is 18.3. The van der Waals surface area contributed by atoms with Crippen molar-refractivity contribution in [3.63, 3.8) is 0 Å². The maximum absolute atomic E-state index is 11.8. The highest BCUT2D eigenvalue weighted by Gasteiger charge is 2.39. The highest BCUT2D eigenvalue weighted by molar-refractivity contribution is 5.75. The van der Waals surface area contributed by atoms with E-state index in [0.717, 1.165) is 19.6 Å². The number of fused-ring (bicyclic) bond motifs is 1. The van der Waals surface area contributed by atoms with Crippen molar-refractivity contribution in [2.75, 3.05) is 26.2 Å². The van der Waals surface area contributed by atoms with Crippen molar-refractivity contribution in [2.45, 2.75) is 26.1 Å². The van der Waals surface area contributed by atoms with Crippen LogP contribution in [0.15, 0.2) is 48.5 Å². The number of carboxylic acid groups (broad SMARTS) is 1. The van der Waals surface area contributed by atoms with Crippen molar-refractivity contribution < 1.29 is 24.1 Å². The zero-order valence-corrected chi connectivity index (χ0v) is 15.6. The van der Waals surface area contributed by atoms with Gasteiger partial charge in [-0.3, -0.25) is 0 Å². The standard InChI is InChI=1S/C21H25NO5/c1-3-22(4-2)13-14-25-16-10-6-5-9-15(16)19-20(21(23)24)27-18-12-8-7-11-17(18)26-19/h5-12,19-20H,3-4,13-14H2,1-2H3,(H,23,24). The number of ether oxygens (including phenoxy) is 3. The average Bonchev–Trinajstić information content (AvgIpc) is 2.70. The van der Waals surface area contributed by atoms with Gasteiger partial charge in [0.1, 0.15) is 12.4 Å². The molecule has 1 aliphatic rings. The van der Waals surface area contributed by atoms with Gasteiger partial charge in [0.25, 0.3) is 0 Å². The second-order valence-corrected chi connectivity index (χ2v) is 6.28. The van der Waals surface area contributed by atoms with Crippen LogP contribution in [-0.2, 0) is 4.79 Å². The first-order valence-corrected chi connectivity index (χ1v) is 9.23. The lowest BCUT2D eigenvalue weighted by molar-refractivity contribution is -0.151. The number of carbonyl (C=O) groups is 1. The first-order chi connectivity index (χ1) is 13.1. The summed E-state index contributed by atoms with van der Waals surface area (Å²) in [4.78, 5) is 14.1. The molecule has 1 aliphatic heterocycles. The number of hydrogen-bond donors (Lipinski definition) is 1. The predicted molar refractivity (Wildman–Crippen MR) is 102 cm³/mol. The Morgan fingerprint density at radius 3 is 2.33 bits per heavy atom. The van der Waals surface area contributed by atoms with E-state index in [2.05, 4.69) is 18.7 Å². The van der Waals surface area contributed by atoms with Gasteiger partial charge < -0.3 is 24.2 Å². The Hall–Kier alpha value is -2.73. The zero-order chi connectivity index (χ0) is 19.2. The summed E-state index contributed by atoms with van der Waals surface area (Å²) >= 11 is 0. The molecule has 1 heterocycles. The van der Waals surface area contributed by atoms with E-state index in [1.165, 1.54) is 0 Å². The second kappa shape index (κ2) is 8.77. The molecule has 0 bridgehead atoms. The van der Waals surface area contributed by atoms with Crippen LogP contribution in [0.4, 0.5) is 0 Å². The summed E-state index contributed by atoms with van der Waals surface area (Å²) in [6, 6.07) is 14.4. The van der Waals surface area contributed by atoms with Gasteiger partial charge in [0.05, 0.1) is 0 Å². The minimum absolute atomic E-state index is 0.432. The van der Waals surface area contributed by atoms with Gasteiger partial charge >= 0.3 is 5.97 Å². The Labute approximate surface area is 159 Å². The first-order valence-electron chi connectivity index (χ1n) is 9.23. The fourth-order valence-electron chi connectivity index (χ4n) is 3.12. The van der Waals surface area contributed by atoms with Crippen molar-refractivity contribution in [1.82, 2.24) is 4.90 Å². The van der Waals surface area contributed by atoms with Gasteiger partial charge in [0.15, 0.2) is 17.6 Å². The van der Waals surface area contributed by atoms with Gasteiger partial charge in [0, 0.05) is 12.1 Å². The van der Waals surface area contributed by atoms with Crippen molar-refractivity contribution in [2.24, 2.45) is 0 Å². The van der Waals surface area contributed by atoms with Crippen LogP contribution in [0.25, 0.3) is 0 Å². The fraction of sp³-hybridized carbons (Fsp3) is 0.381. The molecule has 0 saturated carbocycles. The lowest BCUT2D eigenvalue weighted by atomic mass is 10.0. The molecule has 0 fully saturated rings. The Kier molecular flexibility index (Phi) is 6.19. The van der Waals surface area contributed by atoms with E-state index in [0.29, 0.717) is 29.4 Å². The zero-order valence-electron chi connectivity index (χ0n) is 15.6. The monoisotopic (exact) mass is 371 g/mol. The van der Waals surface area contributed by atoms with Crippen LogP contribution in [0.3, 0.4) is 0 Å². The third kappa shape index (κ3) is 4.34. The molecule has 0 radical (unpaired) electrons. The van der Waals surface area contributed by atoms with E-state index in [1.54, 1.807) is 18.2 Å². The van der Waals surface area contributed by atoms with Crippen LogP contribution < -0.4 is 14.2 Å². The van der Waals surface area contributed by atoms with Gasteiger partial charge in [-0.2, -0.15) is 0 Å². The van der Waals surface area contributed by atoms with Crippen molar-refractivity contribution >= 4 is 5.97 Å². The number of carboxylic acids is 1. The molecule has 27 heavy (non-hydrogen) atoms. The SMILES string of the molecule is CCN(CC)CCOc1ccccc1C1Oc2ccccc2OC1C(=O)O. The van der Waals surface area contributed by atoms with E-state index in [4.69, 9.17) is 14.2 Å². The summed E-state index contributed by atoms with van der Waals surface area (Å²) in [5.41, 5.74) is 0.666. The predicted octanol–water partition coefficient (Wildman–Crippen LogP) is 3.37. The smallest absolute Gasteiger partial charge is 0.349 e. The van der Waals surface area contributed by atoms with Crippen LogP contribution in [0.2, 0.25) is 0 Å². The fourth-order valence-corrected chi connectivity index (χ4v) is 3.12. The minimum atomic E-state index is -1.15. The largest absolute Gasteiger partial charge is 0.492 e. The summed E-state index contributed by atoms with van der Waals surface area (Å²) < 4.78 is 17.7. The molecule has 0 aromatic heterocycles. The molecular formula is C21H25NO5. The lowest BCUT2D eigenvalue weighted by Crippen LogP contribution is -2.39. The van der Waals surface area contributed by atoms with E-state index in [-0.39, 0.29) is 0 Å². The summed E-state index contributed by atoms with van der Waals surface area (Å²) in [6.45, 7) is 7.45. The Bertz CT molecular complexity index is 775. The van der Waals surface area contributed by atoms with E-state index in [9.17, 15) is 9.90 Å².